The maximum Gasteiger partial charge on any atom is 0.306 e. The summed E-state index contributed by atoms with van der Waals surface area (Å²) in [5, 5.41) is 14.4. The van der Waals surface area contributed by atoms with Crippen molar-refractivity contribution in [2.75, 3.05) is 20.1 Å². The van der Waals surface area contributed by atoms with Crippen LogP contribution in [0.4, 0.5) is 0 Å². The number of carbonyl (C=O) groups is 2. The van der Waals surface area contributed by atoms with E-state index in [4.69, 9.17) is 5.11 Å². The number of amides is 1. The predicted molar refractivity (Wildman–Crippen MR) is 62.1 cm³/mol. The standard InChI is InChI=1S/C11H22N2O3/c1-8(11(15)16)5-4-6-13-10(14)9(2)7-12-3/h8-9,12H,4-7H2,1-3H3,(H,13,14)(H,15,16). The van der Waals surface area contributed by atoms with Gasteiger partial charge in [-0.25, -0.2) is 0 Å². The van der Waals surface area contributed by atoms with E-state index in [-0.39, 0.29) is 17.7 Å². The summed E-state index contributed by atoms with van der Waals surface area (Å²) in [5.41, 5.74) is 0. The second-order valence-electron chi connectivity index (χ2n) is 4.13. The minimum atomic E-state index is -0.783. The summed E-state index contributed by atoms with van der Waals surface area (Å²) < 4.78 is 0. The van der Waals surface area contributed by atoms with Crippen LogP contribution < -0.4 is 10.6 Å². The molecule has 0 spiro atoms. The number of aliphatic carboxylic acids is 1. The Morgan fingerprint density at radius 2 is 1.88 bits per heavy atom. The number of carboxylic acid groups (broad SMARTS) is 1. The lowest BCUT2D eigenvalue weighted by molar-refractivity contribution is -0.141. The van der Waals surface area contributed by atoms with Crippen molar-refractivity contribution in [2.24, 2.45) is 11.8 Å². The van der Waals surface area contributed by atoms with Crippen LogP contribution in [-0.4, -0.2) is 37.1 Å². The summed E-state index contributed by atoms with van der Waals surface area (Å²) in [5.74, 6) is -1.17. The summed E-state index contributed by atoms with van der Waals surface area (Å²) in [6.45, 7) is 4.72. The van der Waals surface area contributed by atoms with Crippen molar-refractivity contribution >= 4 is 11.9 Å². The van der Waals surface area contributed by atoms with E-state index < -0.39 is 5.97 Å². The highest BCUT2D eigenvalue weighted by molar-refractivity contribution is 5.78. The van der Waals surface area contributed by atoms with E-state index in [9.17, 15) is 9.59 Å². The van der Waals surface area contributed by atoms with Gasteiger partial charge in [0.25, 0.3) is 0 Å². The van der Waals surface area contributed by atoms with Gasteiger partial charge in [-0.2, -0.15) is 0 Å². The Balaban J connectivity index is 3.58. The van der Waals surface area contributed by atoms with Crippen molar-refractivity contribution < 1.29 is 14.7 Å². The molecule has 0 aliphatic carbocycles. The van der Waals surface area contributed by atoms with Crippen molar-refractivity contribution in [3.63, 3.8) is 0 Å². The second-order valence-corrected chi connectivity index (χ2v) is 4.13. The zero-order valence-corrected chi connectivity index (χ0v) is 10.2. The van der Waals surface area contributed by atoms with Crippen LogP contribution in [0.3, 0.4) is 0 Å². The van der Waals surface area contributed by atoms with Gasteiger partial charge in [0.1, 0.15) is 0 Å². The smallest absolute Gasteiger partial charge is 0.306 e. The summed E-state index contributed by atoms with van der Waals surface area (Å²) in [4.78, 5) is 22.0. The van der Waals surface area contributed by atoms with Crippen LogP contribution in [0.2, 0.25) is 0 Å². The molecule has 0 aromatic heterocycles. The van der Waals surface area contributed by atoms with Gasteiger partial charge >= 0.3 is 5.97 Å². The van der Waals surface area contributed by atoms with E-state index >= 15 is 0 Å². The second kappa shape index (κ2) is 8.10. The molecule has 0 fully saturated rings. The molecule has 5 nitrogen and oxygen atoms in total. The minimum Gasteiger partial charge on any atom is -0.481 e. The number of hydrogen-bond donors (Lipinski definition) is 3. The molecule has 0 aromatic rings. The molecule has 0 heterocycles. The molecule has 0 bridgehead atoms. The highest BCUT2D eigenvalue weighted by atomic mass is 16.4. The van der Waals surface area contributed by atoms with Crippen LogP contribution in [0, 0.1) is 11.8 Å². The maximum absolute atomic E-state index is 11.4. The highest BCUT2D eigenvalue weighted by Gasteiger charge is 2.12. The quantitative estimate of drug-likeness (QED) is 0.529. The fourth-order valence-corrected chi connectivity index (χ4v) is 1.32. The van der Waals surface area contributed by atoms with E-state index in [2.05, 4.69) is 10.6 Å². The number of hydrogen-bond acceptors (Lipinski definition) is 3. The third kappa shape index (κ3) is 6.40. The maximum atomic E-state index is 11.4. The zero-order chi connectivity index (χ0) is 12.6. The lowest BCUT2D eigenvalue weighted by atomic mass is 10.1. The number of carbonyl (C=O) groups excluding carboxylic acids is 1. The third-order valence-electron chi connectivity index (χ3n) is 2.49. The largest absolute Gasteiger partial charge is 0.481 e. The molecule has 0 rings (SSSR count). The Morgan fingerprint density at radius 3 is 2.38 bits per heavy atom. The Kier molecular flexibility index (Phi) is 7.54. The molecule has 0 saturated carbocycles. The van der Waals surface area contributed by atoms with Crippen LogP contribution in [-0.2, 0) is 9.59 Å². The average Bonchev–Trinajstić information content (AvgIpc) is 2.23. The summed E-state index contributed by atoms with van der Waals surface area (Å²) in [6, 6.07) is 0. The van der Waals surface area contributed by atoms with E-state index in [1.54, 1.807) is 14.0 Å². The van der Waals surface area contributed by atoms with Gasteiger partial charge in [-0.05, 0) is 19.9 Å². The van der Waals surface area contributed by atoms with Crippen LogP contribution >= 0.6 is 0 Å². The average molecular weight is 230 g/mol. The minimum absolute atomic E-state index is 0.0114. The molecule has 0 aromatic carbocycles. The van der Waals surface area contributed by atoms with Crippen molar-refractivity contribution in [2.45, 2.75) is 26.7 Å². The van der Waals surface area contributed by atoms with Gasteiger partial charge in [-0.1, -0.05) is 13.8 Å². The SMILES string of the molecule is CNCC(C)C(=O)NCCCC(C)C(=O)O. The van der Waals surface area contributed by atoms with Gasteiger partial charge in [0.05, 0.1) is 5.92 Å². The molecule has 1 amide bonds. The normalized spacial score (nSPS) is 14.2. The molecule has 3 N–H and O–H groups in total. The van der Waals surface area contributed by atoms with Gasteiger partial charge in [-0.15, -0.1) is 0 Å². The molecule has 94 valence electrons. The molecule has 0 aliphatic rings. The van der Waals surface area contributed by atoms with E-state index in [1.807, 2.05) is 6.92 Å². The Bertz CT molecular complexity index is 231. The van der Waals surface area contributed by atoms with Crippen molar-refractivity contribution in [3.05, 3.63) is 0 Å². The van der Waals surface area contributed by atoms with E-state index in [1.165, 1.54) is 0 Å². The molecule has 2 unspecified atom stereocenters. The molecule has 16 heavy (non-hydrogen) atoms. The topological polar surface area (TPSA) is 78.4 Å². The monoisotopic (exact) mass is 230 g/mol. The first-order valence-electron chi connectivity index (χ1n) is 5.64. The lowest BCUT2D eigenvalue weighted by Crippen LogP contribution is -2.35. The van der Waals surface area contributed by atoms with Crippen molar-refractivity contribution in [1.82, 2.24) is 10.6 Å². The van der Waals surface area contributed by atoms with Crippen molar-refractivity contribution in [1.29, 1.82) is 0 Å². The first-order chi connectivity index (χ1) is 7.49. The fourth-order valence-electron chi connectivity index (χ4n) is 1.32. The molecular formula is C11H22N2O3. The molecule has 2 atom stereocenters. The fraction of sp³-hybridized carbons (Fsp3) is 0.818. The van der Waals surface area contributed by atoms with Crippen LogP contribution in [0.1, 0.15) is 26.7 Å². The summed E-state index contributed by atoms with van der Waals surface area (Å²) >= 11 is 0. The van der Waals surface area contributed by atoms with Gasteiger partial charge in [0.2, 0.25) is 5.91 Å². The van der Waals surface area contributed by atoms with E-state index in [0.29, 0.717) is 25.9 Å². The first-order valence-corrected chi connectivity index (χ1v) is 5.64. The summed E-state index contributed by atoms with van der Waals surface area (Å²) in [7, 11) is 1.80. The predicted octanol–water partition coefficient (Wildman–Crippen LogP) is 0.459. The zero-order valence-electron chi connectivity index (χ0n) is 10.2. The molecule has 5 heteroatoms. The number of nitrogens with one attached hydrogen (secondary N) is 2. The molecule has 0 radical (unpaired) electrons. The number of carboxylic acids is 1. The van der Waals surface area contributed by atoms with Gasteiger partial charge in [-0.3, -0.25) is 9.59 Å². The molecule has 0 aliphatic heterocycles. The molecule has 0 saturated heterocycles. The van der Waals surface area contributed by atoms with Crippen LogP contribution in [0.5, 0.6) is 0 Å². The highest BCUT2D eigenvalue weighted by Crippen LogP contribution is 2.04. The van der Waals surface area contributed by atoms with Crippen LogP contribution in [0.25, 0.3) is 0 Å². The van der Waals surface area contributed by atoms with Crippen molar-refractivity contribution in [3.8, 4) is 0 Å². The number of rotatable bonds is 8. The third-order valence-corrected chi connectivity index (χ3v) is 2.49. The van der Waals surface area contributed by atoms with E-state index in [0.717, 1.165) is 0 Å². The first kappa shape index (κ1) is 14.9. The van der Waals surface area contributed by atoms with Gasteiger partial charge < -0.3 is 15.7 Å². The Labute approximate surface area is 96.6 Å². The van der Waals surface area contributed by atoms with Crippen LogP contribution in [0.15, 0.2) is 0 Å². The van der Waals surface area contributed by atoms with Gasteiger partial charge in [0.15, 0.2) is 0 Å². The van der Waals surface area contributed by atoms with Gasteiger partial charge in [0, 0.05) is 19.0 Å². The Hall–Kier alpha value is -1.10. The molecular weight excluding hydrogens is 208 g/mol. The summed E-state index contributed by atoms with van der Waals surface area (Å²) in [6.07, 6.45) is 1.29. The lowest BCUT2D eigenvalue weighted by Gasteiger charge is -2.12. The Morgan fingerprint density at radius 1 is 1.25 bits per heavy atom.